The summed E-state index contributed by atoms with van der Waals surface area (Å²) in [6.07, 6.45) is 5.02. The molecule has 0 aromatic carbocycles. The maximum atomic E-state index is 5.74. The first kappa shape index (κ1) is 8.97. The van der Waals surface area contributed by atoms with Gasteiger partial charge in [0.1, 0.15) is 5.84 Å². The lowest BCUT2D eigenvalue weighted by Gasteiger charge is -2.32. The van der Waals surface area contributed by atoms with Gasteiger partial charge >= 0.3 is 0 Å². The summed E-state index contributed by atoms with van der Waals surface area (Å²) in [6.45, 7) is 1.22. The molecule has 0 radical (unpaired) electrons. The summed E-state index contributed by atoms with van der Waals surface area (Å²) < 4.78 is 0. The van der Waals surface area contributed by atoms with Gasteiger partial charge in [0.05, 0.1) is 0 Å². The molecule has 0 bridgehead atoms. The van der Waals surface area contributed by atoms with Crippen molar-refractivity contribution in [3.8, 4) is 0 Å². The normalized spacial score (nSPS) is 24.8. The van der Waals surface area contributed by atoms with Gasteiger partial charge in [0.25, 0.3) is 0 Å². The van der Waals surface area contributed by atoms with Crippen LogP contribution in [0.1, 0.15) is 25.7 Å². The maximum Gasteiger partial charge on any atom is 0.166 e. The van der Waals surface area contributed by atoms with Crippen LogP contribution < -0.4 is 11.2 Å². The van der Waals surface area contributed by atoms with Crippen molar-refractivity contribution in [1.29, 1.82) is 0 Å². The van der Waals surface area contributed by atoms with E-state index in [1.165, 1.54) is 19.3 Å². The molecule has 1 fully saturated rings. The SMILES string of the molecule is NCC(CC1=NCON1)C1CCC1. The largest absolute Gasteiger partial charge is 0.330 e. The minimum atomic E-state index is 0.456. The second-order valence-electron chi connectivity index (χ2n) is 3.87. The Labute approximate surface area is 78.5 Å². The third-order valence-electron chi connectivity index (χ3n) is 3.08. The second kappa shape index (κ2) is 4.07. The van der Waals surface area contributed by atoms with Gasteiger partial charge in [0.2, 0.25) is 0 Å². The van der Waals surface area contributed by atoms with Gasteiger partial charge in [-0.3, -0.25) is 10.3 Å². The van der Waals surface area contributed by atoms with Crippen LogP contribution in [-0.2, 0) is 4.84 Å². The van der Waals surface area contributed by atoms with Gasteiger partial charge < -0.3 is 5.73 Å². The number of hydrogen-bond acceptors (Lipinski definition) is 4. The third-order valence-corrected chi connectivity index (χ3v) is 3.08. The molecule has 3 N–H and O–H groups in total. The van der Waals surface area contributed by atoms with Crippen molar-refractivity contribution in [3.63, 3.8) is 0 Å². The van der Waals surface area contributed by atoms with Gasteiger partial charge in [-0.15, -0.1) is 0 Å². The number of aliphatic imine (C=N–C) groups is 1. The summed E-state index contributed by atoms with van der Waals surface area (Å²) in [5.74, 6) is 2.40. The average molecular weight is 183 g/mol. The molecule has 74 valence electrons. The van der Waals surface area contributed by atoms with Crippen LogP contribution in [0.25, 0.3) is 0 Å². The van der Waals surface area contributed by atoms with Crippen molar-refractivity contribution >= 4 is 5.84 Å². The topological polar surface area (TPSA) is 59.6 Å². The van der Waals surface area contributed by atoms with Crippen molar-refractivity contribution in [2.75, 3.05) is 13.3 Å². The monoisotopic (exact) mass is 183 g/mol. The zero-order valence-electron chi connectivity index (χ0n) is 7.83. The van der Waals surface area contributed by atoms with E-state index in [0.29, 0.717) is 12.6 Å². The van der Waals surface area contributed by atoms with Crippen LogP contribution in [0.3, 0.4) is 0 Å². The van der Waals surface area contributed by atoms with Crippen LogP contribution >= 0.6 is 0 Å². The Morgan fingerprint density at radius 2 is 2.46 bits per heavy atom. The molecule has 0 aromatic heterocycles. The van der Waals surface area contributed by atoms with Gasteiger partial charge in [0.15, 0.2) is 6.73 Å². The van der Waals surface area contributed by atoms with E-state index in [1.807, 2.05) is 0 Å². The Bertz CT molecular complexity index is 201. The third kappa shape index (κ3) is 2.00. The van der Waals surface area contributed by atoms with E-state index in [9.17, 15) is 0 Å². The van der Waals surface area contributed by atoms with Crippen molar-refractivity contribution in [2.24, 2.45) is 22.6 Å². The van der Waals surface area contributed by atoms with Crippen molar-refractivity contribution in [1.82, 2.24) is 5.48 Å². The Morgan fingerprint density at radius 3 is 2.92 bits per heavy atom. The van der Waals surface area contributed by atoms with E-state index in [-0.39, 0.29) is 0 Å². The van der Waals surface area contributed by atoms with Crippen LogP contribution in [-0.4, -0.2) is 19.1 Å². The van der Waals surface area contributed by atoms with E-state index in [2.05, 4.69) is 10.5 Å². The first-order valence-corrected chi connectivity index (χ1v) is 5.01. The number of hydroxylamine groups is 1. The van der Waals surface area contributed by atoms with E-state index in [1.54, 1.807) is 0 Å². The molecule has 1 saturated carbocycles. The van der Waals surface area contributed by atoms with Gasteiger partial charge in [-0.05, 0) is 18.4 Å². The minimum absolute atomic E-state index is 0.456. The molecule has 4 heteroatoms. The molecule has 0 saturated heterocycles. The molecular weight excluding hydrogens is 166 g/mol. The highest BCUT2D eigenvalue weighted by molar-refractivity contribution is 5.82. The molecule has 1 atom stereocenters. The summed E-state index contributed by atoms with van der Waals surface area (Å²) in [7, 11) is 0. The Kier molecular flexibility index (Phi) is 2.80. The van der Waals surface area contributed by atoms with Crippen LogP contribution in [0.5, 0.6) is 0 Å². The Hall–Kier alpha value is -0.610. The highest BCUT2D eigenvalue weighted by Gasteiger charge is 2.27. The first-order valence-electron chi connectivity index (χ1n) is 5.01. The molecule has 1 aliphatic heterocycles. The lowest BCUT2D eigenvalue weighted by atomic mass is 9.74. The number of hydrogen-bond donors (Lipinski definition) is 2. The van der Waals surface area contributed by atoms with Gasteiger partial charge in [-0.2, -0.15) is 0 Å². The summed E-state index contributed by atoms with van der Waals surface area (Å²) in [4.78, 5) is 9.13. The van der Waals surface area contributed by atoms with Gasteiger partial charge in [-0.25, -0.2) is 4.99 Å². The predicted octanol–water partition coefficient (Wildman–Crippen LogP) is 0.642. The lowest BCUT2D eigenvalue weighted by Crippen LogP contribution is -2.32. The Balaban J connectivity index is 1.82. The minimum Gasteiger partial charge on any atom is -0.330 e. The van der Waals surface area contributed by atoms with E-state index < -0.39 is 0 Å². The molecule has 0 spiro atoms. The van der Waals surface area contributed by atoms with Crippen LogP contribution in [0, 0.1) is 11.8 Å². The number of nitrogens with two attached hydrogens (primary N) is 1. The van der Waals surface area contributed by atoms with Crippen LogP contribution in [0.2, 0.25) is 0 Å². The number of nitrogens with one attached hydrogen (secondary N) is 1. The molecule has 1 aliphatic carbocycles. The van der Waals surface area contributed by atoms with Crippen molar-refractivity contribution in [2.45, 2.75) is 25.7 Å². The average Bonchev–Trinajstić information content (AvgIpc) is 2.52. The molecule has 1 heterocycles. The lowest BCUT2D eigenvalue weighted by molar-refractivity contribution is 0.112. The molecule has 13 heavy (non-hydrogen) atoms. The number of nitrogens with zero attached hydrogens (tertiary/aromatic N) is 1. The zero-order chi connectivity index (χ0) is 9.10. The van der Waals surface area contributed by atoms with Crippen LogP contribution in [0.15, 0.2) is 4.99 Å². The quantitative estimate of drug-likeness (QED) is 0.672. The summed E-state index contributed by atoms with van der Waals surface area (Å²) in [5, 5.41) is 0. The second-order valence-corrected chi connectivity index (χ2v) is 3.87. The summed E-state index contributed by atoms with van der Waals surface area (Å²) in [6, 6.07) is 0. The standard InChI is InChI=1S/C9H17N3O/c10-5-8(7-2-1-3-7)4-9-11-6-13-12-9/h7-8H,1-6,10H2,(H,11,12). The molecule has 0 aromatic rings. The van der Waals surface area contributed by atoms with Gasteiger partial charge in [0, 0.05) is 6.42 Å². The van der Waals surface area contributed by atoms with E-state index in [4.69, 9.17) is 10.6 Å². The zero-order valence-corrected chi connectivity index (χ0v) is 7.83. The fourth-order valence-corrected chi connectivity index (χ4v) is 1.97. The molecule has 2 aliphatic rings. The molecule has 2 rings (SSSR count). The molecular formula is C9H17N3O. The smallest absolute Gasteiger partial charge is 0.166 e. The van der Waals surface area contributed by atoms with Crippen molar-refractivity contribution in [3.05, 3.63) is 0 Å². The summed E-state index contributed by atoms with van der Waals surface area (Å²) >= 11 is 0. The summed E-state index contributed by atoms with van der Waals surface area (Å²) in [5.41, 5.74) is 8.56. The molecule has 0 amide bonds. The van der Waals surface area contributed by atoms with Gasteiger partial charge in [-0.1, -0.05) is 19.3 Å². The highest BCUT2D eigenvalue weighted by Crippen LogP contribution is 2.34. The van der Waals surface area contributed by atoms with Crippen molar-refractivity contribution < 1.29 is 4.84 Å². The fourth-order valence-electron chi connectivity index (χ4n) is 1.97. The fraction of sp³-hybridized carbons (Fsp3) is 0.889. The first-order chi connectivity index (χ1) is 6.40. The van der Waals surface area contributed by atoms with E-state index >= 15 is 0 Å². The predicted molar refractivity (Wildman–Crippen MR) is 51.0 cm³/mol. The maximum absolute atomic E-state index is 5.74. The van der Waals surface area contributed by atoms with Crippen LogP contribution in [0.4, 0.5) is 0 Å². The highest BCUT2D eigenvalue weighted by atomic mass is 16.7. The molecule has 4 nitrogen and oxygen atoms in total. The Morgan fingerprint density at radius 1 is 1.62 bits per heavy atom. The van der Waals surface area contributed by atoms with E-state index in [0.717, 1.165) is 24.7 Å². The number of amidine groups is 1. The molecule has 1 unspecified atom stereocenters. The number of rotatable bonds is 4.